The molecule has 0 aromatic carbocycles. The van der Waals surface area contributed by atoms with E-state index < -0.39 is 0 Å². The molecule has 0 saturated carbocycles. The van der Waals surface area contributed by atoms with Crippen molar-refractivity contribution in [1.29, 1.82) is 0 Å². The van der Waals surface area contributed by atoms with Crippen LogP contribution in [0.4, 0.5) is 4.79 Å². The number of carbonyl (C=O) groups is 2. The van der Waals surface area contributed by atoms with Crippen LogP contribution in [0.1, 0.15) is 41.1 Å². The van der Waals surface area contributed by atoms with Crippen molar-refractivity contribution in [3.05, 3.63) is 17.0 Å². The maximum absolute atomic E-state index is 12.7. The van der Waals surface area contributed by atoms with Crippen molar-refractivity contribution in [3.8, 4) is 0 Å². The fraction of sp³-hybridized carbons (Fsp3) is 0.706. The van der Waals surface area contributed by atoms with Gasteiger partial charge in [0.2, 0.25) is 0 Å². The Bertz CT molecular complexity index is 600. The molecule has 1 N–H and O–H groups in total. The smallest absolute Gasteiger partial charge is 0.317 e. The Kier molecular flexibility index (Phi) is 4.78. The van der Waals surface area contributed by atoms with Crippen LogP contribution in [0.2, 0.25) is 0 Å². The van der Waals surface area contributed by atoms with E-state index in [4.69, 9.17) is 4.52 Å². The minimum atomic E-state index is 0.00934. The summed E-state index contributed by atoms with van der Waals surface area (Å²) in [5.41, 5.74) is 1.28. The van der Waals surface area contributed by atoms with Crippen molar-refractivity contribution in [2.75, 3.05) is 33.2 Å². The van der Waals surface area contributed by atoms with Crippen molar-refractivity contribution in [3.63, 3.8) is 0 Å². The molecule has 2 saturated heterocycles. The molecule has 1 aromatic rings. The number of aryl methyl sites for hydroxylation is 2. The summed E-state index contributed by atoms with van der Waals surface area (Å²) in [5.74, 6) is 1.76. The molecular weight excluding hydrogens is 308 g/mol. The molecule has 3 amide bonds. The number of carbonyl (C=O) groups excluding carboxylic acids is 2. The quantitative estimate of drug-likeness (QED) is 0.894. The molecule has 2 aliphatic heterocycles. The lowest BCUT2D eigenvalue weighted by Gasteiger charge is -2.34. The maximum Gasteiger partial charge on any atom is 0.317 e. The molecule has 0 aliphatic carbocycles. The summed E-state index contributed by atoms with van der Waals surface area (Å²) in [6, 6.07) is 0.00934. The number of rotatable bonds is 2. The molecule has 2 fully saturated rings. The summed E-state index contributed by atoms with van der Waals surface area (Å²) in [5, 5.41) is 6.57. The zero-order valence-corrected chi connectivity index (χ0v) is 14.7. The molecule has 1 unspecified atom stereocenters. The van der Waals surface area contributed by atoms with Gasteiger partial charge in [-0.1, -0.05) is 5.16 Å². The van der Waals surface area contributed by atoms with Gasteiger partial charge in [0.1, 0.15) is 11.3 Å². The molecule has 3 heterocycles. The number of likely N-dealkylation sites (tertiary alicyclic amines) is 2. The zero-order chi connectivity index (χ0) is 17.3. The van der Waals surface area contributed by atoms with E-state index in [-0.39, 0.29) is 11.9 Å². The van der Waals surface area contributed by atoms with Crippen molar-refractivity contribution < 1.29 is 14.1 Å². The molecule has 0 radical (unpaired) electrons. The van der Waals surface area contributed by atoms with Gasteiger partial charge in [0.05, 0.1) is 5.69 Å². The molecule has 7 heteroatoms. The fourth-order valence-corrected chi connectivity index (χ4v) is 4.04. The summed E-state index contributed by atoms with van der Waals surface area (Å²) in [7, 11) is 1.67. The van der Waals surface area contributed by atoms with E-state index in [1.165, 1.54) is 0 Å². The number of hydrogen-bond donors (Lipinski definition) is 1. The second-order valence-electron chi connectivity index (χ2n) is 6.88. The highest BCUT2D eigenvalue weighted by molar-refractivity contribution is 5.96. The van der Waals surface area contributed by atoms with Crippen molar-refractivity contribution >= 4 is 11.9 Å². The molecule has 2 aliphatic rings. The molecule has 1 atom stereocenters. The van der Waals surface area contributed by atoms with Gasteiger partial charge in [0.15, 0.2) is 0 Å². The van der Waals surface area contributed by atoms with Crippen molar-refractivity contribution in [1.82, 2.24) is 20.3 Å². The zero-order valence-electron chi connectivity index (χ0n) is 14.7. The molecule has 7 nitrogen and oxygen atoms in total. The third kappa shape index (κ3) is 3.12. The number of piperidine rings is 1. The highest BCUT2D eigenvalue weighted by Crippen LogP contribution is 2.33. The molecule has 132 valence electrons. The van der Waals surface area contributed by atoms with E-state index in [0.717, 1.165) is 45.4 Å². The molecule has 3 rings (SSSR count). The number of urea groups is 1. The largest absolute Gasteiger partial charge is 0.361 e. The monoisotopic (exact) mass is 334 g/mol. The fourth-order valence-electron chi connectivity index (χ4n) is 4.04. The average molecular weight is 334 g/mol. The summed E-state index contributed by atoms with van der Waals surface area (Å²) in [6.07, 6.45) is 3.08. The van der Waals surface area contributed by atoms with Gasteiger partial charge in [0, 0.05) is 33.2 Å². The highest BCUT2D eigenvalue weighted by atomic mass is 16.5. The van der Waals surface area contributed by atoms with Gasteiger partial charge in [-0.15, -0.1) is 0 Å². The second-order valence-corrected chi connectivity index (χ2v) is 6.88. The lowest BCUT2D eigenvalue weighted by molar-refractivity contribution is 0.0774. The first kappa shape index (κ1) is 16.8. The topological polar surface area (TPSA) is 78.7 Å². The molecule has 0 bridgehead atoms. The van der Waals surface area contributed by atoms with Gasteiger partial charge in [-0.2, -0.15) is 0 Å². The highest BCUT2D eigenvalue weighted by Gasteiger charge is 2.35. The predicted molar refractivity (Wildman–Crippen MR) is 88.7 cm³/mol. The standard InChI is InChI=1S/C17H26N4O3/c1-11-15(12(2)24-19-11)16(22)21-9-6-14(10-21)13-4-7-20(8-5-13)17(23)18-3/h13-14H,4-10H2,1-3H3,(H,18,23). The van der Waals surface area contributed by atoms with Crippen LogP contribution in [-0.4, -0.2) is 60.1 Å². The molecule has 1 aromatic heterocycles. The van der Waals surface area contributed by atoms with Crippen LogP contribution in [0.15, 0.2) is 4.52 Å². The Labute approximate surface area is 142 Å². The minimum Gasteiger partial charge on any atom is -0.361 e. The average Bonchev–Trinajstić information content (AvgIpc) is 3.21. The van der Waals surface area contributed by atoms with E-state index in [1.807, 2.05) is 16.7 Å². The number of amides is 3. The third-order valence-electron chi connectivity index (χ3n) is 5.47. The lowest BCUT2D eigenvalue weighted by atomic mass is 9.84. The van der Waals surface area contributed by atoms with Gasteiger partial charge in [-0.25, -0.2) is 4.79 Å². The third-order valence-corrected chi connectivity index (χ3v) is 5.47. The summed E-state index contributed by atoms with van der Waals surface area (Å²) < 4.78 is 5.12. The van der Waals surface area contributed by atoms with E-state index >= 15 is 0 Å². The predicted octanol–water partition coefficient (Wildman–Crippen LogP) is 1.80. The first-order valence-electron chi connectivity index (χ1n) is 8.70. The van der Waals surface area contributed by atoms with Crippen LogP contribution in [0, 0.1) is 25.7 Å². The van der Waals surface area contributed by atoms with Gasteiger partial charge < -0.3 is 19.6 Å². The first-order valence-corrected chi connectivity index (χ1v) is 8.70. The van der Waals surface area contributed by atoms with E-state index in [1.54, 1.807) is 14.0 Å². The second kappa shape index (κ2) is 6.83. The Morgan fingerprint density at radius 1 is 1.08 bits per heavy atom. The van der Waals surface area contributed by atoms with Crippen LogP contribution >= 0.6 is 0 Å². The summed E-state index contributed by atoms with van der Waals surface area (Å²) in [6.45, 7) is 6.80. The number of aromatic nitrogens is 1. The lowest BCUT2D eigenvalue weighted by Crippen LogP contribution is -2.44. The van der Waals surface area contributed by atoms with E-state index in [0.29, 0.717) is 28.9 Å². The molecule has 24 heavy (non-hydrogen) atoms. The van der Waals surface area contributed by atoms with Crippen LogP contribution < -0.4 is 5.32 Å². The summed E-state index contributed by atoms with van der Waals surface area (Å²) >= 11 is 0. The van der Waals surface area contributed by atoms with Crippen molar-refractivity contribution in [2.24, 2.45) is 11.8 Å². The first-order chi connectivity index (χ1) is 11.5. The Morgan fingerprint density at radius 2 is 1.71 bits per heavy atom. The van der Waals surface area contributed by atoms with Gasteiger partial charge in [-0.3, -0.25) is 4.79 Å². The van der Waals surface area contributed by atoms with Crippen LogP contribution in [0.5, 0.6) is 0 Å². The number of nitrogens with one attached hydrogen (secondary N) is 1. The Hall–Kier alpha value is -2.05. The van der Waals surface area contributed by atoms with Gasteiger partial charge >= 0.3 is 6.03 Å². The number of hydrogen-bond acceptors (Lipinski definition) is 4. The summed E-state index contributed by atoms with van der Waals surface area (Å²) in [4.78, 5) is 28.2. The normalized spacial score (nSPS) is 22.0. The number of nitrogens with zero attached hydrogens (tertiary/aromatic N) is 3. The molecule has 0 spiro atoms. The van der Waals surface area contributed by atoms with E-state index in [2.05, 4.69) is 10.5 Å². The SMILES string of the molecule is CNC(=O)N1CCC(C2CCN(C(=O)c3c(C)noc3C)C2)CC1. The van der Waals surface area contributed by atoms with E-state index in [9.17, 15) is 9.59 Å². The molecular formula is C17H26N4O3. The van der Waals surface area contributed by atoms with Crippen LogP contribution in [0.3, 0.4) is 0 Å². The Morgan fingerprint density at radius 3 is 2.29 bits per heavy atom. The van der Waals surface area contributed by atoms with Crippen LogP contribution in [-0.2, 0) is 0 Å². The van der Waals surface area contributed by atoms with Crippen LogP contribution in [0.25, 0.3) is 0 Å². The van der Waals surface area contributed by atoms with Crippen molar-refractivity contribution in [2.45, 2.75) is 33.1 Å². The minimum absolute atomic E-state index is 0.00934. The maximum atomic E-state index is 12.7. The van der Waals surface area contributed by atoms with Gasteiger partial charge in [-0.05, 0) is 44.9 Å². The van der Waals surface area contributed by atoms with Gasteiger partial charge in [0.25, 0.3) is 5.91 Å². The Balaban J connectivity index is 1.57.